The van der Waals surface area contributed by atoms with Crippen molar-refractivity contribution in [1.82, 2.24) is 5.32 Å². The number of hydrogen-bond donors (Lipinski definition) is 1. The largest absolute Gasteiger partial charge is 0.544 e. The summed E-state index contributed by atoms with van der Waals surface area (Å²) >= 11 is 0. The molecule has 0 aliphatic rings. The maximum atomic E-state index is 13.0. The van der Waals surface area contributed by atoms with Gasteiger partial charge in [-0.2, -0.15) is 0 Å². The van der Waals surface area contributed by atoms with Crippen LogP contribution in [0.25, 0.3) is 0 Å². The number of rotatable bonds is 23. The van der Waals surface area contributed by atoms with E-state index in [4.69, 9.17) is 13.5 Å². The van der Waals surface area contributed by atoms with Gasteiger partial charge in [-0.1, -0.05) is 110 Å². The fourth-order valence-corrected chi connectivity index (χ4v) is 6.90. The van der Waals surface area contributed by atoms with E-state index < -0.39 is 15.9 Å². The lowest BCUT2D eigenvalue weighted by Gasteiger charge is -2.36. The monoisotopic (exact) mass is 623 g/mol. The van der Waals surface area contributed by atoms with E-state index in [0.717, 1.165) is 24.2 Å². The van der Waals surface area contributed by atoms with Gasteiger partial charge in [0.25, 0.3) is 0 Å². The van der Waals surface area contributed by atoms with Gasteiger partial charge in [0.15, 0.2) is 0 Å². The molecule has 0 fully saturated rings. The van der Waals surface area contributed by atoms with Crippen LogP contribution in [0.4, 0.5) is 0 Å². The van der Waals surface area contributed by atoms with E-state index >= 15 is 0 Å². The predicted octanol–water partition coefficient (Wildman–Crippen LogP) is 10.6. The summed E-state index contributed by atoms with van der Waals surface area (Å²) in [6.45, 7) is 17.6. The summed E-state index contributed by atoms with van der Waals surface area (Å²) in [6, 6.07) is 7.78. The Morgan fingerprint density at radius 1 is 0.857 bits per heavy atom. The molecule has 0 heterocycles. The highest BCUT2D eigenvalue weighted by molar-refractivity contribution is 7.57. The van der Waals surface area contributed by atoms with Crippen molar-refractivity contribution in [1.29, 1.82) is 0 Å². The van der Waals surface area contributed by atoms with E-state index in [0.29, 0.717) is 12.8 Å². The number of benzene rings is 1. The quantitative estimate of drug-likeness (QED) is 0.0746. The first-order chi connectivity index (χ1) is 19.9. The molecule has 0 spiro atoms. The number of amides is 1. The first kappa shape index (κ1) is 38.6. The minimum Gasteiger partial charge on any atom is -0.544 e. The molecule has 6 nitrogen and oxygen atoms in total. The van der Waals surface area contributed by atoms with E-state index in [1.54, 1.807) is 19.9 Å². The van der Waals surface area contributed by atoms with E-state index in [1.165, 1.54) is 63.6 Å². The van der Waals surface area contributed by atoms with Crippen molar-refractivity contribution in [2.45, 2.75) is 149 Å². The van der Waals surface area contributed by atoms with Crippen LogP contribution < -0.4 is 9.74 Å². The predicted molar refractivity (Wildman–Crippen MR) is 181 cm³/mol. The normalized spacial score (nSPS) is 13.4. The second kappa shape index (κ2) is 20.5. The summed E-state index contributed by atoms with van der Waals surface area (Å²) in [7, 11) is -5.29. The molecule has 8 heteroatoms. The van der Waals surface area contributed by atoms with Gasteiger partial charge >= 0.3 is 7.60 Å². The molecule has 0 aromatic heterocycles. The van der Waals surface area contributed by atoms with Gasteiger partial charge in [0.1, 0.15) is 5.75 Å². The van der Waals surface area contributed by atoms with Crippen LogP contribution in [-0.4, -0.2) is 33.5 Å². The van der Waals surface area contributed by atoms with Crippen LogP contribution in [0, 0.1) is 0 Å². The second-order valence-corrected chi connectivity index (χ2v) is 19.5. The molecule has 42 heavy (non-hydrogen) atoms. The van der Waals surface area contributed by atoms with Gasteiger partial charge in [0.2, 0.25) is 14.2 Å². The molecule has 0 saturated carbocycles. The Hall–Kier alpha value is -1.40. The van der Waals surface area contributed by atoms with Crippen molar-refractivity contribution >= 4 is 21.8 Å². The van der Waals surface area contributed by atoms with Crippen molar-refractivity contribution in [3.8, 4) is 5.75 Å². The smallest absolute Gasteiger partial charge is 0.353 e. The third-order valence-corrected chi connectivity index (χ3v) is 14.2. The van der Waals surface area contributed by atoms with Crippen molar-refractivity contribution in [2.75, 3.05) is 13.2 Å². The van der Waals surface area contributed by atoms with Crippen LogP contribution >= 0.6 is 7.60 Å². The van der Waals surface area contributed by atoms with Gasteiger partial charge in [-0.25, -0.2) is 0 Å². The molecule has 1 N–H and O–H groups in total. The van der Waals surface area contributed by atoms with Crippen LogP contribution in [0.3, 0.4) is 0 Å². The molecule has 1 aromatic rings. The van der Waals surface area contributed by atoms with Gasteiger partial charge < -0.3 is 18.8 Å². The molecule has 0 aliphatic carbocycles. The summed E-state index contributed by atoms with van der Waals surface area (Å²) in [6.07, 6.45) is 16.6. The average molecular weight is 624 g/mol. The Labute approximate surface area is 259 Å². The maximum Gasteiger partial charge on any atom is 0.353 e. The van der Waals surface area contributed by atoms with E-state index in [9.17, 15) is 9.36 Å². The van der Waals surface area contributed by atoms with Crippen molar-refractivity contribution in [2.24, 2.45) is 0 Å². The van der Waals surface area contributed by atoms with Crippen molar-refractivity contribution in [3.63, 3.8) is 0 Å². The third-order valence-electron chi connectivity index (χ3n) is 8.03. The molecular weight excluding hydrogens is 561 g/mol. The third kappa shape index (κ3) is 16.4. The Bertz CT molecular complexity index is 932. The zero-order valence-corrected chi connectivity index (χ0v) is 30.0. The highest BCUT2D eigenvalue weighted by atomic mass is 31.2. The molecule has 1 aromatic carbocycles. The van der Waals surface area contributed by atoms with Gasteiger partial charge in [-0.05, 0) is 62.5 Å². The number of hydrogen-bond acceptors (Lipinski definition) is 5. The highest BCUT2D eigenvalue weighted by Crippen LogP contribution is 2.49. The second-order valence-electron chi connectivity index (χ2n) is 12.9. The minimum atomic E-state index is -3.36. The Morgan fingerprint density at radius 2 is 1.36 bits per heavy atom. The Kier molecular flexibility index (Phi) is 18.9. The fourth-order valence-electron chi connectivity index (χ4n) is 4.48. The zero-order chi connectivity index (χ0) is 31.5. The molecule has 0 bridgehead atoms. The molecule has 1 rings (SSSR count). The molecule has 1 amide bonds. The molecule has 0 unspecified atom stereocenters. The lowest BCUT2D eigenvalue weighted by Crippen LogP contribution is -2.43. The zero-order valence-electron chi connectivity index (χ0n) is 28.1. The molecule has 1 atom stereocenters. The average Bonchev–Trinajstić information content (AvgIpc) is 2.91. The summed E-state index contributed by atoms with van der Waals surface area (Å²) < 4.78 is 30.3. The maximum absolute atomic E-state index is 13.0. The summed E-state index contributed by atoms with van der Waals surface area (Å²) in [5.41, 5.74) is 1.06. The molecule has 0 aliphatic heterocycles. The Balaban J connectivity index is 2.72. The van der Waals surface area contributed by atoms with Crippen LogP contribution in [0.2, 0.25) is 18.1 Å². The first-order valence-corrected chi connectivity index (χ1v) is 21.0. The van der Waals surface area contributed by atoms with Crippen LogP contribution in [0.1, 0.15) is 124 Å². The van der Waals surface area contributed by atoms with E-state index in [-0.39, 0.29) is 30.2 Å². The topological polar surface area (TPSA) is 73.9 Å². The number of nitrogens with one attached hydrogen (secondary N) is 1. The molecular formula is C34H62NO5PSi. The van der Waals surface area contributed by atoms with Gasteiger partial charge in [0, 0.05) is 12.2 Å². The van der Waals surface area contributed by atoms with Crippen LogP contribution in [-0.2, 0) is 24.8 Å². The van der Waals surface area contributed by atoms with Crippen LogP contribution in [0.15, 0.2) is 36.2 Å². The minimum absolute atomic E-state index is 0.0149. The summed E-state index contributed by atoms with van der Waals surface area (Å²) in [4.78, 5) is 12.9. The first-order valence-electron chi connectivity index (χ1n) is 16.5. The van der Waals surface area contributed by atoms with Gasteiger partial charge in [-0.15, -0.1) is 0 Å². The van der Waals surface area contributed by atoms with Crippen molar-refractivity contribution in [3.05, 3.63) is 41.7 Å². The summed E-state index contributed by atoms with van der Waals surface area (Å²) in [5.74, 6) is 2.39. The molecule has 242 valence electrons. The SMILES string of the molecule is CCCCCCCCCCCCCC(=O)N[C@@H](C=CP(=O)(OCC)OCC)Cc1ccc(O[Si](C)(C)C(C)(C)C)cc1. The lowest BCUT2D eigenvalue weighted by atomic mass is 10.0. The number of carbonyl (C=O) groups excluding carboxylic acids is 1. The Morgan fingerprint density at radius 3 is 1.83 bits per heavy atom. The van der Waals surface area contributed by atoms with Gasteiger partial charge in [0.05, 0.1) is 19.3 Å². The fraction of sp³-hybridized carbons (Fsp3) is 0.735. The standard InChI is InChI=1S/C34H62NO5PSi/c1-9-12-13-14-15-16-17-18-19-20-21-22-33(36)35-31(27-28-41(37,38-10-2)39-11-3)29-30-23-25-32(26-24-30)40-42(7,8)34(4,5)6/h23-28,31H,9-22,29H2,1-8H3,(H,35,36)/t31-/m0/s1. The van der Waals surface area contributed by atoms with Gasteiger partial charge in [-0.3, -0.25) is 9.36 Å². The van der Waals surface area contributed by atoms with E-state index in [2.05, 4.69) is 46.1 Å². The highest BCUT2D eigenvalue weighted by Gasteiger charge is 2.38. The van der Waals surface area contributed by atoms with E-state index in [1.807, 2.05) is 24.3 Å². The molecule has 0 radical (unpaired) electrons. The number of carbonyl (C=O) groups is 1. The molecule has 0 saturated heterocycles. The van der Waals surface area contributed by atoms with Crippen LogP contribution in [0.5, 0.6) is 5.75 Å². The number of unbranched alkanes of at least 4 members (excludes halogenated alkanes) is 10. The lowest BCUT2D eigenvalue weighted by molar-refractivity contribution is -0.121. The summed E-state index contributed by atoms with van der Waals surface area (Å²) in [5, 5.41) is 3.27. The van der Waals surface area contributed by atoms with Crippen molar-refractivity contribution < 1.29 is 22.8 Å².